The Labute approximate surface area is 171 Å². The van der Waals surface area contributed by atoms with Gasteiger partial charge in [0.05, 0.1) is 29.6 Å². The molecule has 0 saturated heterocycles. The third-order valence-corrected chi connectivity index (χ3v) is 6.18. The lowest BCUT2D eigenvalue weighted by molar-refractivity contribution is -0.131. The van der Waals surface area contributed by atoms with Crippen molar-refractivity contribution < 1.29 is 4.79 Å². The van der Waals surface area contributed by atoms with Gasteiger partial charge in [0.2, 0.25) is 5.91 Å². The van der Waals surface area contributed by atoms with E-state index in [4.69, 9.17) is 4.98 Å². The predicted molar refractivity (Wildman–Crippen MR) is 113 cm³/mol. The number of fused-ring (bicyclic) bond motifs is 3. The standard InChI is InChI=1S/C21H20N6OS/c1-2-26-17-11-19(28)27(13-14-6-4-3-5-7-14)23-12-16(17)20-21(26)24-18(29-20)10-15-8-9-22-25-15/h3-9,12H,2,10-11,13H2,1H3,(H,22,25). The van der Waals surface area contributed by atoms with E-state index in [1.807, 2.05) is 48.8 Å². The molecule has 1 N–H and O–H groups in total. The number of aryl methyl sites for hydroxylation is 1. The highest BCUT2D eigenvalue weighted by Gasteiger charge is 2.26. The molecule has 29 heavy (non-hydrogen) atoms. The van der Waals surface area contributed by atoms with Crippen molar-refractivity contribution in [2.24, 2.45) is 5.10 Å². The van der Waals surface area contributed by atoms with Crippen molar-refractivity contribution >= 4 is 33.8 Å². The van der Waals surface area contributed by atoms with Crippen LogP contribution in [0.4, 0.5) is 0 Å². The van der Waals surface area contributed by atoms with Crippen LogP contribution in [0.2, 0.25) is 0 Å². The van der Waals surface area contributed by atoms with Crippen molar-refractivity contribution in [3.63, 3.8) is 0 Å². The molecule has 5 rings (SSSR count). The van der Waals surface area contributed by atoms with E-state index in [0.29, 0.717) is 19.4 Å². The Morgan fingerprint density at radius 3 is 2.83 bits per heavy atom. The Bertz CT molecular complexity index is 1190. The number of nitrogens with zero attached hydrogens (tertiary/aromatic N) is 5. The largest absolute Gasteiger partial charge is 0.328 e. The van der Waals surface area contributed by atoms with Crippen molar-refractivity contribution in [1.82, 2.24) is 24.8 Å². The minimum atomic E-state index is 0.000419. The first-order valence-electron chi connectivity index (χ1n) is 9.60. The first kappa shape index (κ1) is 17.8. The molecule has 1 aromatic carbocycles. The third kappa shape index (κ3) is 3.25. The number of amides is 1. The second-order valence-corrected chi connectivity index (χ2v) is 8.05. The Kier molecular flexibility index (Phi) is 4.48. The minimum absolute atomic E-state index is 0.000419. The Hall–Kier alpha value is -3.26. The van der Waals surface area contributed by atoms with E-state index in [1.165, 1.54) is 0 Å². The number of rotatable bonds is 5. The molecule has 0 radical (unpaired) electrons. The number of carbonyl (C=O) groups excluding carboxylic acids is 1. The zero-order chi connectivity index (χ0) is 19.8. The molecule has 146 valence electrons. The first-order valence-corrected chi connectivity index (χ1v) is 10.4. The van der Waals surface area contributed by atoms with Gasteiger partial charge in [-0.1, -0.05) is 30.3 Å². The van der Waals surface area contributed by atoms with Gasteiger partial charge in [0.25, 0.3) is 0 Å². The Balaban J connectivity index is 1.51. The van der Waals surface area contributed by atoms with E-state index in [0.717, 1.165) is 44.4 Å². The van der Waals surface area contributed by atoms with E-state index >= 15 is 0 Å². The number of hydrogen-bond donors (Lipinski definition) is 1. The van der Waals surface area contributed by atoms with Crippen molar-refractivity contribution in [3.8, 4) is 0 Å². The topological polar surface area (TPSA) is 79.2 Å². The SMILES string of the molecule is CCn1c2c(c3sc(Cc4cc[nH]n4)nc31)C=NN(Cc1ccccc1)C(=O)C2. The van der Waals surface area contributed by atoms with Gasteiger partial charge < -0.3 is 4.57 Å². The molecule has 0 aliphatic carbocycles. The lowest BCUT2D eigenvalue weighted by Gasteiger charge is -2.16. The highest BCUT2D eigenvalue weighted by molar-refractivity contribution is 7.19. The maximum atomic E-state index is 12.9. The summed E-state index contributed by atoms with van der Waals surface area (Å²) in [5, 5.41) is 14.2. The summed E-state index contributed by atoms with van der Waals surface area (Å²) in [6.45, 7) is 3.32. The van der Waals surface area contributed by atoms with Crippen LogP contribution in [0.25, 0.3) is 10.3 Å². The average molecular weight is 404 g/mol. The van der Waals surface area contributed by atoms with Crippen LogP contribution >= 0.6 is 11.3 Å². The van der Waals surface area contributed by atoms with Crippen molar-refractivity contribution in [2.75, 3.05) is 0 Å². The van der Waals surface area contributed by atoms with Crippen molar-refractivity contribution in [3.05, 3.63) is 70.1 Å². The molecule has 7 nitrogen and oxygen atoms in total. The van der Waals surface area contributed by atoms with Gasteiger partial charge in [-0.3, -0.25) is 9.89 Å². The van der Waals surface area contributed by atoms with Crippen LogP contribution in [0.1, 0.15) is 34.4 Å². The quantitative estimate of drug-likeness (QED) is 0.554. The third-order valence-electron chi connectivity index (χ3n) is 5.11. The second kappa shape index (κ2) is 7.29. The summed E-state index contributed by atoms with van der Waals surface area (Å²) in [6, 6.07) is 11.9. The van der Waals surface area contributed by atoms with Gasteiger partial charge in [0.15, 0.2) is 5.65 Å². The molecule has 0 unspecified atom stereocenters. The molecular formula is C21H20N6OS. The fourth-order valence-electron chi connectivity index (χ4n) is 3.71. The summed E-state index contributed by atoms with van der Waals surface area (Å²) in [4.78, 5) is 17.7. The number of aromatic nitrogens is 4. The molecule has 0 atom stereocenters. The number of thiazole rings is 1. The first-order chi connectivity index (χ1) is 14.2. The smallest absolute Gasteiger partial charge is 0.248 e. The molecule has 3 aromatic heterocycles. The zero-order valence-electron chi connectivity index (χ0n) is 16.0. The van der Waals surface area contributed by atoms with Crippen LogP contribution in [0.5, 0.6) is 0 Å². The summed E-state index contributed by atoms with van der Waals surface area (Å²) in [5.41, 5.74) is 4.97. The molecule has 0 fully saturated rings. The highest BCUT2D eigenvalue weighted by atomic mass is 32.1. The van der Waals surface area contributed by atoms with Gasteiger partial charge in [-0.2, -0.15) is 10.2 Å². The Morgan fingerprint density at radius 1 is 1.21 bits per heavy atom. The second-order valence-electron chi connectivity index (χ2n) is 6.97. The molecule has 0 bridgehead atoms. The summed E-state index contributed by atoms with van der Waals surface area (Å²) in [6.07, 6.45) is 4.67. The number of hydrazone groups is 1. The molecule has 0 spiro atoms. The van der Waals surface area contributed by atoms with Gasteiger partial charge in [-0.15, -0.1) is 11.3 Å². The fraction of sp³-hybridized carbons (Fsp3) is 0.238. The van der Waals surface area contributed by atoms with E-state index in [2.05, 4.69) is 26.8 Å². The van der Waals surface area contributed by atoms with E-state index < -0.39 is 0 Å². The predicted octanol–water partition coefficient (Wildman–Crippen LogP) is 3.35. The summed E-state index contributed by atoms with van der Waals surface area (Å²) in [5.74, 6) is 0.000419. The summed E-state index contributed by atoms with van der Waals surface area (Å²) < 4.78 is 3.23. The lowest BCUT2D eigenvalue weighted by Crippen LogP contribution is -2.26. The zero-order valence-corrected chi connectivity index (χ0v) is 16.8. The monoisotopic (exact) mass is 404 g/mol. The van der Waals surface area contributed by atoms with Crippen LogP contribution in [0.15, 0.2) is 47.7 Å². The summed E-state index contributed by atoms with van der Waals surface area (Å²) >= 11 is 1.66. The van der Waals surface area contributed by atoms with E-state index in [1.54, 1.807) is 16.3 Å². The number of carbonyl (C=O) groups is 1. The van der Waals surface area contributed by atoms with Gasteiger partial charge in [0, 0.05) is 30.4 Å². The Morgan fingerprint density at radius 2 is 2.07 bits per heavy atom. The highest BCUT2D eigenvalue weighted by Crippen LogP contribution is 2.33. The van der Waals surface area contributed by atoms with E-state index in [-0.39, 0.29) is 5.91 Å². The van der Waals surface area contributed by atoms with Crippen LogP contribution in [-0.4, -0.2) is 36.9 Å². The molecule has 4 aromatic rings. The fourth-order valence-corrected chi connectivity index (χ4v) is 4.83. The van der Waals surface area contributed by atoms with Gasteiger partial charge in [-0.05, 0) is 18.6 Å². The van der Waals surface area contributed by atoms with Gasteiger partial charge >= 0.3 is 0 Å². The van der Waals surface area contributed by atoms with Crippen LogP contribution in [-0.2, 0) is 30.7 Å². The van der Waals surface area contributed by atoms with Gasteiger partial charge in [-0.25, -0.2) is 9.99 Å². The molecular weight excluding hydrogens is 384 g/mol. The molecule has 4 heterocycles. The molecule has 1 aliphatic heterocycles. The molecule has 1 aliphatic rings. The molecule has 1 amide bonds. The number of nitrogens with one attached hydrogen (secondary N) is 1. The van der Waals surface area contributed by atoms with Crippen molar-refractivity contribution in [1.29, 1.82) is 0 Å². The minimum Gasteiger partial charge on any atom is -0.328 e. The average Bonchev–Trinajstić information content (AvgIpc) is 3.41. The summed E-state index contributed by atoms with van der Waals surface area (Å²) in [7, 11) is 0. The van der Waals surface area contributed by atoms with Crippen LogP contribution in [0.3, 0.4) is 0 Å². The number of H-pyrrole nitrogens is 1. The molecule has 8 heteroatoms. The maximum Gasteiger partial charge on any atom is 0.248 e. The maximum absolute atomic E-state index is 12.9. The van der Waals surface area contributed by atoms with Crippen LogP contribution in [0, 0.1) is 0 Å². The molecule has 0 saturated carbocycles. The normalized spacial score (nSPS) is 13.8. The van der Waals surface area contributed by atoms with Crippen molar-refractivity contribution in [2.45, 2.75) is 32.9 Å². The van der Waals surface area contributed by atoms with Gasteiger partial charge in [0.1, 0.15) is 5.01 Å². The van der Waals surface area contributed by atoms with Crippen LogP contribution < -0.4 is 0 Å². The van der Waals surface area contributed by atoms with E-state index in [9.17, 15) is 4.79 Å². The lowest BCUT2D eigenvalue weighted by atomic mass is 10.2. The number of aromatic amines is 1. The number of benzene rings is 1. The number of hydrogen-bond acceptors (Lipinski definition) is 5.